The quantitative estimate of drug-likeness (QED) is 0.301. The maximum Gasteiger partial charge on any atom is 0.333 e. The van der Waals surface area contributed by atoms with E-state index in [4.69, 9.17) is 5.84 Å². The van der Waals surface area contributed by atoms with Crippen molar-refractivity contribution in [3.63, 3.8) is 0 Å². The lowest BCUT2D eigenvalue weighted by Gasteiger charge is -2.02. The Bertz CT molecular complexity index is 463. The summed E-state index contributed by atoms with van der Waals surface area (Å²) < 4.78 is 0. The summed E-state index contributed by atoms with van der Waals surface area (Å²) in [6.07, 6.45) is 1.59. The number of hydrogen-bond acceptors (Lipinski definition) is 3. The fourth-order valence-corrected chi connectivity index (χ4v) is 1.18. The summed E-state index contributed by atoms with van der Waals surface area (Å²) in [5.74, 6) is 4.93. The van der Waals surface area contributed by atoms with Gasteiger partial charge in [-0.1, -0.05) is 0 Å². The van der Waals surface area contributed by atoms with Crippen LogP contribution in [0.5, 0.6) is 0 Å². The number of H-pyrrole nitrogens is 1. The number of aromatic nitrogens is 2. The zero-order valence-corrected chi connectivity index (χ0v) is 7.24. The van der Waals surface area contributed by atoms with Crippen LogP contribution < -0.4 is 16.6 Å². The summed E-state index contributed by atoms with van der Waals surface area (Å²) in [4.78, 5) is 17.9. The van der Waals surface area contributed by atoms with Gasteiger partial charge in [0.2, 0.25) is 0 Å². The van der Waals surface area contributed by atoms with Crippen LogP contribution in [0.4, 0.5) is 10.5 Å². The second-order valence-corrected chi connectivity index (χ2v) is 2.73. The Morgan fingerprint density at radius 2 is 2.36 bits per heavy atom. The molecule has 0 aliphatic carbocycles. The molecule has 0 unspecified atom stereocenters. The number of imidazole rings is 1. The Kier molecular flexibility index (Phi) is 2.04. The number of nitrogens with one attached hydrogen (secondary N) is 3. The molecule has 2 aromatic rings. The van der Waals surface area contributed by atoms with Gasteiger partial charge >= 0.3 is 6.03 Å². The summed E-state index contributed by atoms with van der Waals surface area (Å²) in [5.41, 5.74) is 4.35. The number of anilines is 1. The zero-order valence-electron chi connectivity index (χ0n) is 7.24. The molecule has 2 amide bonds. The van der Waals surface area contributed by atoms with Crippen LogP contribution in [-0.2, 0) is 0 Å². The molecular weight excluding hydrogens is 182 g/mol. The van der Waals surface area contributed by atoms with Gasteiger partial charge in [-0.05, 0) is 18.2 Å². The highest BCUT2D eigenvalue weighted by molar-refractivity contribution is 5.91. The summed E-state index contributed by atoms with van der Waals surface area (Å²) in [6, 6.07) is 4.87. The van der Waals surface area contributed by atoms with Crippen LogP contribution in [0.15, 0.2) is 24.5 Å². The minimum absolute atomic E-state index is 0.455. The van der Waals surface area contributed by atoms with E-state index >= 15 is 0 Å². The maximum atomic E-state index is 10.9. The molecule has 72 valence electrons. The third kappa shape index (κ3) is 1.50. The lowest BCUT2D eigenvalue weighted by atomic mass is 10.3. The number of carbonyl (C=O) groups is 1. The Hall–Kier alpha value is -2.08. The molecule has 5 N–H and O–H groups in total. The van der Waals surface area contributed by atoms with Crippen LogP contribution in [0.25, 0.3) is 11.0 Å². The first-order valence-corrected chi connectivity index (χ1v) is 4.00. The fourth-order valence-electron chi connectivity index (χ4n) is 1.18. The molecule has 0 saturated carbocycles. The van der Waals surface area contributed by atoms with Crippen LogP contribution in [0.1, 0.15) is 0 Å². The molecule has 1 aromatic heterocycles. The number of nitrogens with zero attached hydrogens (tertiary/aromatic N) is 1. The third-order valence-electron chi connectivity index (χ3n) is 1.81. The van der Waals surface area contributed by atoms with Gasteiger partial charge in [0, 0.05) is 5.69 Å². The van der Waals surface area contributed by atoms with Crippen molar-refractivity contribution in [2.75, 3.05) is 5.32 Å². The first-order chi connectivity index (χ1) is 6.79. The van der Waals surface area contributed by atoms with Gasteiger partial charge in [-0.3, -0.25) is 5.43 Å². The number of amides is 2. The van der Waals surface area contributed by atoms with Gasteiger partial charge in [-0.15, -0.1) is 0 Å². The van der Waals surface area contributed by atoms with Gasteiger partial charge in [0.15, 0.2) is 0 Å². The molecule has 14 heavy (non-hydrogen) atoms. The Balaban J connectivity index is 2.30. The number of hydrazine groups is 1. The fraction of sp³-hybridized carbons (Fsp3) is 0. The van der Waals surface area contributed by atoms with Crippen molar-refractivity contribution in [3.05, 3.63) is 24.5 Å². The second kappa shape index (κ2) is 3.35. The zero-order chi connectivity index (χ0) is 9.97. The summed E-state index contributed by atoms with van der Waals surface area (Å²) in [6.45, 7) is 0. The molecule has 0 bridgehead atoms. The van der Waals surface area contributed by atoms with Gasteiger partial charge in [0.25, 0.3) is 0 Å². The number of carbonyl (C=O) groups excluding carboxylic acids is 1. The molecule has 1 heterocycles. The van der Waals surface area contributed by atoms with Crippen LogP contribution in [0.2, 0.25) is 0 Å². The summed E-state index contributed by atoms with van der Waals surface area (Å²) >= 11 is 0. The Morgan fingerprint density at radius 3 is 3.14 bits per heavy atom. The van der Waals surface area contributed by atoms with Gasteiger partial charge in [-0.25, -0.2) is 15.6 Å². The highest BCUT2D eigenvalue weighted by Crippen LogP contribution is 2.15. The van der Waals surface area contributed by atoms with E-state index in [1.165, 1.54) is 0 Å². The van der Waals surface area contributed by atoms with Gasteiger partial charge in [0.05, 0.1) is 17.4 Å². The van der Waals surface area contributed by atoms with Gasteiger partial charge < -0.3 is 10.3 Å². The summed E-state index contributed by atoms with van der Waals surface area (Å²) in [7, 11) is 0. The molecule has 1 aromatic carbocycles. The number of fused-ring (bicyclic) bond motifs is 1. The topological polar surface area (TPSA) is 95.8 Å². The smallest absolute Gasteiger partial charge is 0.333 e. The van der Waals surface area contributed by atoms with Crippen molar-refractivity contribution in [2.24, 2.45) is 5.84 Å². The molecule has 6 heteroatoms. The molecule has 0 aliphatic rings. The molecule has 0 radical (unpaired) electrons. The molecule has 0 atom stereocenters. The molecular formula is C8H9N5O. The number of aromatic amines is 1. The Labute approximate surface area is 79.5 Å². The van der Waals surface area contributed by atoms with Crippen molar-refractivity contribution in [1.82, 2.24) is 15.4 Å². The van der Waals surface area contributed by atoms with Crippen molar-refractivity contribution >= 4 is 22.8 Å². The predicted molar refractivity (Wildman–Crippen MR) is 52.4 cm³/mol. The molecule has 0 aliphatic heterocycles. The number of nitrogens with two attached hydrogens (primary N) is 1. The molecule has 2 rings (SSSR count). The maximum absolute atomic E-state index is 10.9. The summed E-state index contributed by atoms with van der Waals surface area (Å²) in [5, 5.41) is 2.55. The number of hydrogen-bond donors (Lipinski definition) is 4. The highest BCUT2D eigenvalue weighted by atomic mass is 16.2. The van der Waals surface area contributed by atoms with Crippen molar-refractivity contribution in [2.45, 2.75) is 0 Å². The Morgan fingerprint density at radius 1 is 1.50 bits per heavy atom. The van der Waals surface area contributed by atoms with Gasteiger partial charge in [-0.2, -0.15) is 0 Å². The lowest BCUT2D eigenvalue weighted by molar-refractivity contribution is 0.252. The number of urea groups is 1. The van der Waals surface area contributed by atoms with E-state index in [-0.39, 0.29) is 0 Å². The largest absolute Gasteiger partial charge is 0.345 e. The minimum Gasteiger partial charge on any atom is -0.345 e. The van der Waals surface area contributed by atoms with Crippen LogP contribution in [0, 0.1) is 0 Å². The predicted octanol–water partition coefficient (Wildman–Crippen LogP) is 0.558. The van der Waals surface area contributed by atoms with E-state index in [1.54, 1.807) is 24.5 Å². The van der Waals surface area contributed by atoms with E-state index in [9.17, 15) is 4.79 Å². The van der Waals surface area contributed by atoms with E-state index in [0.717, 1.165) is 11.0 Å². The van der Waals surface area contributed by atoms with E-state index < -0.39 is 6.03 Å². The van der Waals surface area contributed by atoms with Crippen LogP contribution in [0.3, 0.4) is 0 Å². The van der Waals surface area contributed by atoms with Crippen LogP contribution in [-0.4, -0.2) is 16.0 Å². The van der Waals surface area contributed by atoms with Crippen molar-refractivity contribution in [1.29, 1.82) is 0 Å². The standard InChI is InChI=1S/C8H9N5O/c9-13-8(14)12-5-1-2-6-7(3-5)11-4-10-6/h1-4H,9H2,(H,10,11)(H2,12,13,14). The van der Waals surface area contributed by atoms with Crippen molar-refractivity contribution in [3.8, 4) is 0 Å². The SMILES string of the molecule is NNC(=O)Nc1ccc2nc[nH]c2c1. The lowest BCUT2D eigenvalue weighted by Crippen LogP contribution is -2.34. The van der Waals surface area contributed by atoms with Crippen molar-refractivity contribution < 1.29 is 4.79 Å². The van der Waals surface area contributed by atoms with Gasteiger partial charge in [0.1, 0.15) is 0 Å². The molecule has 0 saturated heterocycles. The highest BCUT2D eigenvalue weighted by Gasteiger charge is 2.00. The third-order valence-corrected chi connectivity index (χ3v) is 1.81. The second-order valence-electron chi connectivity index (χ2n) is 2.73. The average molecular weight is 191 g/mol. The number of rotatable bonds is 1. The monoisotopic (exact) mass is 191 g/mol. The number of benzene rings is 1. The van der Waals surface area contributed by atoms with Crippen LogP contribution >= 0.6 is 0 Å². The minimum atomic E-state index is -0.455. The van der Waals surface area contributed by atoms with E-state index in [0.29, 0.717) is 5.69 Å². The first kappa shape index (κ1) is 8.52. The van der Waals surface area contributed by atoms with E-state index in [1.807, 2.05) is 5.43 Å². The molecule has 6 nitrogen and oxygen atoms in total. The molecule has 0 spiro atoms. The normalized spacial score (nSPS) is 10.1. The average Bonchev–Trinajstić information content (AvgIpc) is 2.64. The first-order valence-electron chi connectivity index (χ1n) is 4.00. The molecule has 0 fully saturated rings. The van der Waals surface area contributed by atoms with E-state index in [2.05, 4.69) is 15.3 Å².